The maximum absolute atomic E-state index is 11.5. The minimum atomic E-state index is -3.98. The second kappa shape index (κ2) is 11.8. The number of carbonyl (C=O) groups is 1. The fourth-order valence-corrected chi connectivity index (χ4v) is 1.95. The maximum Gasteiger partial charge on any atom is 1.00 e. The molecule has 104 valence electrons. The molecule has 0 fully saturated rings. The summed E-state index contributed by atoms with van der Waals surface area (Å²) < 4.78 is 29.6. The van der Waals surface area contributed by atoms with Gasteiger partial charge in [-0.1, -0.05) is 32.6 Å². The van der Waals surface area contributed by atoms with Gasteiger partial charge in [0.2, 0.25) is 5.91 Å². The van der Waals surface area contributed by atoms with Gasteiger partial charge in [-0.15, -0.1) is 0 Å². The van der Waals surface area contributed by atoms with E-state index in [2.05, 4.69) is 6.92 Å². The number of amides is 1. The van der Waals surface area contributed by atoms with Gasteiger partial charge in [0.15, 0.2) is 0 Å². The molecule has 0 rings (SSSR count). The number of nitrogens with zero attached hydrogens (tertiary/aromatic N) is 1. The summed E-state index contributed by atoms with van der Waals surface area (Å²) in [5, 5.41) is 0. The van der Waals surface area contributed by atoms with Crippen LogP contribution in [0.15, 0.2) is 0 Å². The summed E-state index contributed by atoms with van der Waals surface area (Å²) in [6.07, 6.45) is 5.82. The van der Waals surface area contributed by atoms with Crippen molar-refractivity contribution >= 4 is 16.0 Å². The maximum atomic E-state index is 11.5. The van der Waals surface area contributed by atoms with Gasteiger partial charge in [0.05, 0.1) is 5.75 Å². The van der Waals surface area contributed by atoms with Crippen molar-refractivity contribution in [3.05, 3.63) is 0 Å². The van der Waals surface area contributed by atoms with E-state index in [0.29, 0.717) is 6.42 Å². The van der Waals surface area contributed by atoms with Crippen molar-refractivity contribution in [2.24, 2.45) is 0 Å². The summed E-state index contributed by atoms with van der Waals surface area (Å²) >= 11 is 0. The molecule has 0 spiro atoms. The van der Waals surface area contributed by atoms with Crippen LogP contribution in [0, 0.1) is 0 Å². The second-order valence-corrected chi connectivity index (χ2v) is 5.84. The van der Waals surface area contributed by atoms with Crippen molar-refractivity contribution in [1.29, 1.82) is 0 Å². The molecule has 0 bridgehead atoms. The topological polar surface area (TPSA) is 74.7 Å². The first-order valence-electron chi connectivity index (χ1n) is 6.06. The number of hydrogen-bond donors (Lipinski definition) is 1. The largest absolute Gasteiger partial charge is 1.00 e. The van der Waals surface area contributed by atoms with Crippen LogP contribution in [0.2, 0.25) is 0 Å². The number of carbonyl (C=O) groups excluding carboxylic acids is 1. The van der Waals surface area contributed by atoms with Gasteiger partial charge >= 0.3 is 51.4 Å². The van der Waals surface area contributed by atoms with E-state index in [0.717, 1.165) is 19.3 Å². The third-order valence-electron chi connectivity index (χ3n) is 2.60. The van der Waals surface area contributed by atoms with Crippen LogP contribution in [-0.2, 0) is 14.9 Å². The molecule has 0 aromatic heterocycles. The molecule has 0 aromatic carbocycles. The Morgan fingerprint density at radius 2 is 1.78 bits per heavy atom. The molecule has 0 radical (unpaired) electrons. The molecule has 0 aromatic rings. The summed E-state index contributed by atoms with van der Waals surface area (Å²) in [6, 6.07) is 0. The molecular formula is C11H24KNO4S. The Balaban J connectivity index is -0.00000128. The van der Waals surface area contributed by atoms with Gasteiger partial charge in [0.25, 0.3) is 10.1 Å². The molecule has 0 saturated carbocycles. The average molecular weight is 305 g/mol. The first kappa shape index (κ1) is 21.3. The van der Waals surface area contributed by atoms with Gasteiger partial charge < -0.3 is 6.33 Å². The van der Waals surface area contributed by atoms with E-state index in [9.17, 15) is 13.2 Å². The Labute approximate surface area is 154 Å². The van der Waals surface area contributed by atoms with Crippen LogP contribution >= 0.6 is 0 Å². The fraction of sp³-hybridized carbons (Fsp3) is 0.909. The van der Waals surface area contributed by atoms with Crippen molar-refractivity contribution < 1.29 is 70.6 Å². The Bertz CT molecular complexity index is 325. The van der Waals surface area contributed by atoms with Gasteiger partial charge in [0.1, 0.15) is 0 Å². The van der Waals surface area contributed by atoms with Gasteiger partial charge in [0, 0.05) is 20.0 Å². The first-order chi connectivity index (χ1) is 7.87. The third-order valence-corrected chi connectivity index (χ3v) is 3.30. The van der Waals surface area contributed by atoms with E-state index < -0.39 is 15.9 Å². The van der Waals surface area contributed by atoms with E-state index >= 15 is 0 Å². The minimum absolute atomic E-state index is 0. The Hall–Kier alpha value is 1.02. The summed E-state index contributed by atoms with van der Waals surface area (Å²) in [6.45, 7) is 2.18. The average Bonchev–Trinajstić information content (AvgIpc) is 2.24. The summed E-state index contributed by atoms with van der Waals surface area (Å²) in [5.74, 6) is -0.462. The number of hydrogen-bond acceptors (Lipinski definition) is 3. The zero-order valence-corrected chi connectivity index (χ0v) is 15.6. The summed E-state index contributed by atoms with van der Waals surface area (Å²) in [5.41, 5.74) is 0. The van der Waals surface area contributed by atoms with Gasteiger partial charge in [-0.3, -0.25) is 9.35 Å². The van der Waals surface area contributed by atoms with Gasteiger partial charge in [-0.05, 0) is 6.42 Å². The molecule has 1 amide bonds. The molecule has 5 nitrogen and oxygen atoms in total. The van der Waals surface area contributed by atoms with Gasteiger partial charge in [-0.25, -0.2) is 0 Å². The second-order valence-electron chi connectivity index (χ2n) is 4.27. The standard InChI is InChI=1S/C11H23NO4S.K.H/c1-3-4-5-6-7-8-11(13)12(2)9-10-17(14,15)16;;/h3-10H2,1-2H3,(H,14,15,16);;/q;+1;-1. The molecule has 0 atom stereocenters. The smallest absolute Gasteiger partial charge is 1.00 e. The molecular weight excluding hydrogens is 281 g/mol. The van der Waals surface area contributed by atoms with Crippen molar-refractivity contribution in [2.75, 3.05) is 19.3 Å². The molecule has 0 heterocycles. The van der Waals surface area contributed by atoms with Crippen LogP contribution in [0.4, 0.5) is 0 Å². The van der Waals surface area contributed by atoms with Crippen LogP contribution < -0.4 is 51.4 Å². The predicted molar refractivity (Wildman–Crippen MR) is 68.5 cm³/mol. The Kier molecular flexibility index (Phi) is 14.0. The van der Waals surface area contributed by atoms with Crippen LogP contribution in [0.1, 0.15) is 46.9 Å². The van der Waals surface area contributed by atoms with Gasteiger partial charge in [-0.2, -0.15) is 8.42 Å². The predicted octanol–water partition coefficient (Wildman–Crippen LogP) is -1.19. The van der Waals surface area contributed by atoms with Crippen molar-refractivity contribution in [2.45, 2.75) is 45.4 Å². The number of unbranched alkanes of at least 4 members (excludes halogenated alkanes) is 4. The summed E-state index contributed by atoms with van der Waals surface area (Å²) in [7, 11) is -2.42. The van der Waals surface area contributed by atoms with Crippen LogP contribution in [0.25, 0.3) is 0 Å². The van der Waals surface area contributed by atoms with E-state index in [-0.39, 0.29) is 65.3 Å². The molecule has 1 N–H and O–H groups in total. The van der Waals surface area contributed by atoms with Crippen LogP contribution in [0.3, 0.4) is 0 Å². The third kappa shape index (κ3) is 13.4. The molecule has 0 saturated heterocycles. The molecule has 0 aliphatic heterocycles. The van der Waals surface area contributed by atoms with Crippen molar-refractivity contribution in [1.82, 2.24) is 4.90 Å². The quantitative estimate of drug-likeness (QED) is 0.330. The monoisotopic (exact) mass is 305 g/mol. The van der Waals surface area contributed by atoms with Crippen LogP contribution in [0.5, 0.6) is 0 Å². The Morgan fingerprint density at radius 1 is 1.22 bits per heavy atom. The SMILES string of the molecule is CCCCCCCC(=O)N(C)CCS(=O)(=O)O.[H-].[K+]. The first-order valence-corrected chi connectivity index (χ1v) is 7.67. The molecule has 0 aliphatic carbocycles. The Morgan fingerprint density at radius 3 is 2.28 bits per heavy atom. The van der Waals surface area contributed by atoms with E-state index in [1.165, 1.54) is 17.7 Å². The molecule has 0 unspecified atom stereocenters. The fourth-order valence-electron chi connectivity index (χ4n) is 1.45. The molecule has 0 aliphatic rings. The zero-order valence-electron chi connectivity index (χ0n) is 12.7. The normalized spacial score (nSPS) is 10.8. The molecule has 18 heavy (non-hydrogen) atoms. The zero-order chi connectivity index (χ0) is 13.3. The minimum Gasteiger partial charge on any atom is -1.00 e. The van der Waals surface area contributed by atoms with Crippen molar-refractivity contribution in [3.8, 4) is 0 Å². The van der Waals surface area contributed by atoms with Crippen molar-refractivity contribution in [3.63, 3.8) is 0 Å². The van der Waals surface area contributed by atoms with E-state index in [1.807, 2.05) is 0 Å². The van der Waals surface area contributed by atoms with Crippen LogP contribution in [-0.4, -0.2) is 43.1 Å². The summed E-state index contributed by atoms with van der Waals surface area (Å²) in [4.78, 5) is 12.9. The molecule has 7 heteroatoms. The van der Waals surface area contributed by atoms with E-state index in [4.69, 9.17) is 4.55 Å². The van der Waals surface area contributed by atoms with E-state index in [1.54, 1.807) is 7.05 Å². The number of rotatable bonds is 9.